The molecule has 0 spiro atoms. The van der Waals surface area contributed by atoms with Crippen LogP contribution in [0.3, 0.4) is 0 Å². The molecule has 0 saturated carbocycles. The molecular formula is C13H11ClFNO2S. The molecule has 0 atom stereocenters. The van der Waals surface area contributed by atoms with Gasteiger partial charge >= 0.3 is 5.97 Å². The van der Waals surface area contributed by atoms with E-state index in [0.29, 0.717) is 21.0 Å². The van der Waals surface area contributed by atoms with Gasteiger partial charge < -0.3 is 10.5 Å². The van der Waals surface area contributed by atoms with Gasteiger partial charge in [-0.25, -0.2) is 9.18 Å². The molecule has 2 rings (SSSR count). The van der Waals surface area contributed by atoms with Gasteiger partial charge in [0.15, 0.2) is 0 Å². The van der Waals surface area contributed by atoms with Crippen LogP contribution >= 0.6 is 22.9 Å². The lowest BCUT2D eigenvalue weighted by molar-refractivity contribution is 0.0533. The third-order valence-corrected chi connectivity index (χ3v) is 3.91. The zero-order valence-electron chi connectivity index (χ0n) is 10.1. The van der Waals surface area contributed by atoms with E-state index in [4.69, 9.17) is 22.1 Å². The number of nitrogen functional groups attached to an aromatic ring is 1. The molecule has 1 aromatic heterocycles. The van der Waals surface area contributed by atoms with E-state index in [2.05, 4.69) is 0 Å². The zero-order valence-corrected chi connectivity index (χ0v) is 11.6. The highest BCUT2D eigenvalue weighted by Crippen LogP contribution is 2.34. The fourth-order valence-electron chi connectivity index (χ4n) is 1.55. The average Bonchev–Trinajstić information content (AvgIpc) is 2.75. The SMILES string of the molecule is CCOC(=O)c1sc(-c2ccc(Cl)c(F)c2)cc1N. The van der Waals surface area contributed by atoms with Crippen LogP contribution in [-0.4, -0.2) is 12.6 Å². The Kier molecular flexibility index (Phi) is 4.07. The van der Waals surface area contributed by atoms with Crippen LogP contribution < -0.4 is 5.73 Å². The second-order valence-electron chi connectivity index (χ2n) is 3.74. The molecule has 2 aromatic rings. The molecular weight excluding hydrogens is 289 g/mol. The molecule has 1 heterocycles. The Balaban J connectivity index is 2.38. The molecule has 0 aliphatic rings. The summed E-state index contributed by atoms with van der Waals surface area (Å²) in [5.74, 6) is -0.977. The van der Waals surface area contributed by atoms with Gasteiger partial charge in [0.25, 0.3) is 0 Å². The highest BCUT2D eigenvalue weighted by Gasteiger charge is 2.16. The summed E-state index contributed by atoms with van der Waals surface area (Å²) in [7, 11) is 0. The molecule has 6 heteroatoms. The minimum Gasteiger partial charge on any atom is -0.462 e. The standard InChI is InChI=1S/C13H11ClFNO2S/c1-2-18-13(17)12-10(16)6-11(19-12)7-3-4-8(14)9(15)5-7/h3-6H,2,16H2,1H3. The van der Waals surface area contributed by atoms with E-state index in [1.54, 1.807) is 19.1 Å². The summed E-state index contributed by atoms with van der Waals surface area (Å²) in [6.07, 6.45) is 0. The highest BCUT2D eigenvalue weighted by molar-refractivity contribution is 7.18. The smallest absolute Gasteiger partial charge is 0.350 e. The largest absolute Gasteiger partial charge is 0.462 e. The average molecular weight is 300 g/mol. The molecule has 1 aromatic carbocycles. The lowest BCUT2D eigenvalue weighted by Gasteiger charge is -1.99. The number of thiophene rings is 1. The molecule has 0 saturated heterocycles. The number of hydrogen-bond donors (Lipinski definition) is 1. The van der Waals surface area contributed by atoms with Gasteiger partial charge in [-0.05, 0) is 30.7 Å². The van der Waals surface area contributed by atoms with Crippen LogP contribution in [-0.2, 0) is 4.74 Å². The van der Waals surface area contributed by atoms with Gasteiger partial charge in [-0.3, -0.25) is 0 Å². The summed E-state index contributed by atoms with van der Waals surface area (Å²) in [6, 6.07) is 6.07. The molecule has 100 valence electrons. The second-order valence-corrected chi connectivity index (χ2v) is 5.20. The van der Waals surface area contributed by atoms with E-state index >= 15 is 0 Å². The summed E-state index contributed by atoms with van der Waals surface area (Å²) in [6.45, 7) is 2.00. The first-order chi connectivity index (χ1) is 9.02. The number of ether oxygens (including phenoxy) is 1. The first kappa shape index (κ1) is 13.8. The van der Waals surface area contributed by atoms with Crippen molar-refractivity contribution >= 4 is 34.6 Å². The van der Waals surface area contributed by atoms with Crippen molar-refractivity contribution in [3.05, 3.63) is 40.0 Å². The predicted octanol–water partition coefficient (Wildman–Crippen LogP) is 3.97. The lowest BCUT2D eigenvalue weighted by Crippen LogP contribution is -2.04. The van der Waals surface area contributed by atoms with Crippen LogP contribution in [0.25, 0.3) is 10.4 Å². The van der Waals surface area contributed by atoms with Crippen LogP contribution in [0.5, 0.6) is 0 Å². The number of halogens is 2. The minimum atomic E-state index is -0.510. The predicted molar refractivity (Wildman–Crippen MR) is 75.1 cm³/mol. The molecule has 0 radical (unpaired) electrons. The van der Waals surface area contributed by atoms with Crippen molar-refractivity contribution in [2.24, 2.45) is 0 Å². The van der Waals surface area contributed by atoms with Crippen molar-refractivity contribution in [2.75, 3.05) is 12.3 Å². The maximum atomic E-state index is 13.4. The summed E-state index contributed by atoms with van der Waals surface area (Å²) in [5, 5.41) is 0.0545. The van der Waals surface area contributed by atoms with E-state index in [-0.39, 0.29) is 11.6 Å². The fraction of sp³-hybridized carbons (Fsp3) is 0.154. The van der Waals surface area contributed by atoms with Crippen molar-refractivity contribution in [1.82, 2.24) is 0 Å². The number of anilines is 1. The Morgan fingerprint density at radius 1 is 1.47 bits per heavy atom. The molecule has 19 heavy (non-hydrogen) atoms. The Hall–Kier alpha value is -1.59. The molecule has 2 N–H and O–H groups in total. The first-order valence-electron chi connectivity index (χ1n) is 5.54. The monoisotopic (exact) mass is 299 g/mol. The number of esters is 1. The van der Waals surface area contributed by atoms with Crippen molar-refractivity contribution in [3.8, 4) is 10.4 Å². The summed E-state index contributed by atoms with van der Waals surface area (Å²) >= 11 is 6.79. The maximum Gasteiger partial charge on any atom is 0.350 e. The Labute approximate surface area is 118 Å². The van der Waals surface area contributed by atoms with Crippen LogP contribution in [0.2, 0.25) is 5.02 Å². The first-order valence-corrected chi connectivity index (χ1v) is 6.74. The maximum absolute atomic E-state index is 13.4. The lowest BCUT2D eigenvalue weighted by atomic mass is 10.2. The van der Waals surface area contributed by atoms with Crippen LogP contribution in [0.1, 0.15) is 16.6 Å². The quantitative estimate of drug-likeness (QED) is 0.873. The summed E-state index contributed by atoms with van der Waals surface area (Å²) < 4.78 is 18.3. The number of rotatable bonds is 3. The second kappa shape index (κ2) is 5.59. The van der Waals surface area contributed by atoms with Crippen LogP contribution in [0, 0.1) is 5.82 Å². The Morgan fingerprint density at radius 3 is 2.84 bits per heavy atom. The van der Waals surface area contributed by atoms with E-state index < -0.39 is 11.8 Å². The van der Waals surface area contributed by atoms with Crippen molar-refractivity contribution in [3.63, 3.8) is 0 Å². The summed E-state index contributed by atoms with van der Waals surface area (Å²) in [5.41, 5.74) is 6.71. The highest BCUT2D eigenvalue weighted by atomic mass is 35.5. The van der Waals surface area contributed by atoms with Gasteiger partial charge in [-0.1, -0.05) is 17.7 Å². The number of hydrogen-bond acceptors (Lipinski definition) is 4. The van der Waals surface area contributed by atoms with Gasteiger partial charge in [-0.2, -0.15) is 0 Å². The van der Waals surface area contributed by atoms with E-state index in [1.807, 2.05) is 0 Å². The van der Waals surface area contributed by atoms with Gasteiger partial charge in [0.1, 0.15) is 10.7 Å². The molecule has 0 bridgehead atoms. The molecule has 0 aliphatic heterocycles. The van der Waals surface area contributed by atoms with Gasteiger partial charge in [0.2, 0.25) is 0 Å². The molecule has 0 aliphatic carbocycles. The fourth-order valence-corrected chi connectivity index (χ4v) is 2.64. The van der Waals surface area contributed by atoms with Crippen LogP contribution in [0.4, 0.5) is 10.1 Å². The molecule has 0 unspecified atom stereocenters. The number of nitrogens with two attached hydrogens (primary N) is 1. The van der Waals surface area contributed by atoms with Gasteiger partial charge in [0.05, 0.1) is 17.3 Å². The Bertz CT molecular complexity index is 627. The van der Waals surface area contributed by atoms with E-state index in [1.165, 1.54) is 23.5 Å². The van der Waals surface area contributed by atoms with Gasteiger partial charge in [0, 0.05) is 4.88 Å². The Morgan fingerprint density at radius 2 is 2.21 bits per heavy atom. The molecule has 0 amide bonds. The van der Waals surface area contributed by atoms with E-state index in [0.717, 1.165) is 0 Å². The van der Waals surface area contributed by atoms with Crippen molar-refractivity contribution < 1.29 is 13.9 Å². The third-order valence-electron chi connectivity index (χ3n) is 2.43. The minimum absolute atomic E-state index is 0.0545. The van der Waals surface area contributed by atoms with E-state index in [9.17, 15) is 9.18 Å². The molecule has 3 nitrogen and oxygen atoms in total. The normalized spacial score (nSPS) is 10.5. The zero-order chi connectivity index (χ0) is 14.0. The topological polar surface area (TPSA) is 52.3 Å². The van der Waals surface area contributed by atoms with Crippen molar-refractivity contribution in [2.45, 2.75) is 6.92 Å². The number of carbonyl (C=O) groups excluding carboxylic acids is 1. The third kappa shape index (κ3) is 2.88. The van der Waals surface area contributed by atoms with Crippen molar-refractivity contribution in [1.29, 1.82) is 0 Å². The van der Waals surface area contributed by atoms with Crippen LogP contribution in [0.15, 0.2) is 24.3 Å². The van der Waals surface area contributed by atoms with Gasteiger partial charge in [-0.15, -0.1) is 11.3 Å². The molecule has 0 fully saturated rings. The summed E-state index contributed by atoms with van der Waals surface area (Å²) in [4.78, 5) is 12.7. The number of benzene rings is 1. The number of carbonyl (C=O) groups is 1.